The van der Waals surface area contributed by atoms with Gasteiger partial charge in [0.15, 0.2) is 11.6 Å². The molecule has 0 radical (unpaired) electrons. The molecule has 2 aromatic heterocycles. The van der Waals surface area contributed by atoms with E-state index in [0.29, 0.717) is 54.3 Å². The van der Waals surface area contributed by atoms with E-state index in [9.17, 15) is 14.2 Å². The molecule has 3 aliphatic heterocycles. The van der Waals surface area contributed by atoms with E-state index in [4.69, 9.17) is 19.4 Å². The zero-order chi connectivity index (χ0) is 46.5. The molecule has 3 aliphatic rings. The molecule has 0 saturated carbocycles. The fraction of sp³-hybridized carbons (Fsp3) is 0.449. The Hall–Kier alpha value is -5.83. The maximum atomic E-state index is 15.1. The average Bonchev–Trinajstić information content (AvgIpc) is 3.89. The standard InChI is InChI=1S/C49H62FN10O5P/c1-7-11-37(32-61)60-31-34-25-44(40(50)26-38(34)48(60)62)65-23-22-57-18-20-58(21-19-57)36-14-16-59(17-15-36)43-27-45(64-4)42(24-33(43)8-2)54-49-51-29-39(35-28-52-56(3)30-35)47(55-49)53-41-12-9-10-13-46(41)66(5,6)63/h9-10,12-13,24-30,32,36-37H,7-8,11,14-23,31H2,1-6H3,(H2,51,53,54,55). The molecule has 350 valence electrons. The first-order chi connectivity index (χ1) is 31.9. The highest BCUT2D eigenvalue weighted by molar-refractivity contribution is 7.70. The zero-order valence-corrected chi connectivity index (χ0v) is 39.8. The van der Waals surface area contributed by atoms with E-state index in [0.717, 1.165) is 99.0 Å². The number of carbonyl (C=O) groups excluding carboxylic acids is 2. The molecule has 1 unspecified atom stereocenters. The van der Waals surface area contributed by atoms with Gasteiger partial charge in [-0.2, -0.15) is 10.1 Å². The van der Waals surface area contributed by atoms with Gasteiger partial charge in [-0.05, 0) is 80.5 Å². The third kappa shape index (κ3) is 10.3. The monoisotopic (exact) mass is 920 g/mol. The summed E-state index contributed by atoms with van der Waals surface area (Å²) in [6.07, 6.45) is 10.6. The van der Waals surface area contributed by atoms with Crippen LogP contribution in [0.5, 0.6) is 11.5 Å². The van der Waals surface area contributed by atoms with Gasteiger partial charge >= 0.3 is 0 Å². The second-order valence-corrected chi connectivity index (χ2v) is 21.0. The number of aldehydes is 1. The van der Waals surface area contributed by atoms with Crippen LogP contribution in [-0.4, -0.2) is 132 Å². The molecule has 3 aromatic carbocycles. The predicted molar refractivity (Wildman–Crippen MR) is 258 cm³/mol. The van der Waals surface area contributed by atoms with Gasteiger partial charge in [-0.25, -0.2) is 9.37 Å². The minimum atomic E-state index is -2.60. The highest BCUT2D eigenvalue weighted by Crippen LogP contribution is 2.41. The number of benzene rings is 3. The van der Waals surface area contributed by atoms with Crippen molar-refractivity contribution in [2.24, 2.45) is 7.05 Å². The van der Waals surface area contributed by atoms with Gasteiger partial charge in [0, 0.05) is 112 Å². The van der Waals surface area contributed by atoms with E-state index in [-0.39, 0.29) is 18.2 Å². The Labute approximate surface area is 387 Å². The zero-order valence-electron chi connectivity index (χ0n) is 38.9. The molecule has 15 nitrogen and oxygen atoms in total. The number of anilines is 5. The Bertz CT molecular complexity index is 2590. The molecule has 1 amide bonds. The number of fused-ring (bicyclic) bond motifs is 1. The summed E-state index contributed by atoms with van der Waals surface area (Å²) in [5.74, 6) is 0.927. The van der Waals surface area contributed by atoms with Gasteiger partial charge in [-0.3, -0.25) is 19.3 Å². The first kappa shape index (κ1) is 46.7. The average molecular weight is 921 g/mol. The number of nitrogens with zero attached hydrogens (tertiary/aromatic N) is 8. The van der Waals surface area contributed by atoms with Gasteiger partial charge in [-0.15, -0.1) is 0 Å². The number of piperazine rings is 1. The van der Waals surface area contributed by atoms with Crippen molar-refractivity contribution in [1.29, 1.82) is 0 Å². The molecule has 2 N–H and O–H groups in total. The first-order valence-electron chi connectivity index (χ1n) is 23.1. The third-order valence-corrected chi connectivity index (χ3v) is 14.6. The SMILES string of the molecule is CCCC(C=O)N1Cc2cc(OCCN3CCN(C4CCN(c5cc(OC)c(Nc6ncc(-c7cnn(C)c7)c(Nc7ccccc7P(C)(C)=O)n6)cc5CC)CC4)CC3)c(F)cc2C1=O. The van der Waals surface area contributed by atoms with E-state index in [1.807, 2.05) is 44.4 Å². The summed E-state index contributed by atoms with van der Waals surface area (Å²) in [7, 11) is 0.943. The molecule has 2 fully saturated rings. The van der Waals surface area contributed by atoms with E-state index in [1.165, 1.54) is 22.2 Å². The number of carbonyl (C=O) groups is 2. The largest absolute Gasteiger partial charge is 0.494 e. The van der Waals surface area contributed by atoms with Crippen molar-refractivity contribution < 1.29 is 28.0 Å². The van der Waals surface area contributed by atoms with Crippen LogP contribution in [0.4, 0.5) is 33.2 Å². The summed E-state index contributed by atoms with van der Waals surface area (Å²) in [6, 6.07) is 14.7. The lowest BCUT2D eigenvalue weighted by molar-refractivity contribution is -0.112. The lowest BCUT2D eigenvalue weighted by Gasteiger charge is -2.43. The summed E-state index contributed by atoms with van der Waals surface area (Å²) < 4.78 is 42.0. The van der Waals surface area contributed by atoms with Gasteiger partial charge < -0.3 is 39.3 Å². The number of methoxy groups -OCH3 is 1. The van der Waals surface area contributed by atoms with Gasteiger partial charge in [0.2, 0.25) is 5.95 Å². The van der Waals surface area contributed by atoms with E-state index >= 15 is 4.39 Å². The number of rotatable bonds is 18. The van der Waals surface area contributed by atoms with Crippen molar-refractivity contribution in [2.45, 2.75) is 64.6 Å². The van der Waals surface area contributed by atoms with E-state index in [2.05, 4.69) is 49.5 Å². The van der Waals surface area contributed by atoms with Crippen LogP contribution in [-0.2, 0) is 29.4 Å². The van der Waals surface area contributed by atoms with Gasteiger partial charge in [-0.1, -0.05) is 32.4 Å². The summed E-state index contributed by atoms with van der Waals surface area (Å²) in [5, 5.41) is 12.0. The van der Waals surface area contributed by atoms with Crippen molar-refractivity contribution in [3.63, 3.8) is 0 Å². The summed E-state index contributed by atoms with van der Waals surface area (Å²) in [6.45, 7) is 14.6. The number of ether oxygens (including phenoxy) is 2. The van der Waals surface area contributed by atoms with Gasteiger partial charge in [0.1, 0.15) is 31.6 Å². The van der Waals surface area contributed by atoms with Gasteiger partial charge in [0.25, 0.3) is 5.91 Å². The van der Waals surface area contributed by atoms with Crippen LogP contribution < -0.4 is 30.3 Å². The number of amides is 1. The topological polar surface area (TPSA) is 150 Å². The second kappa shape index (κ2) is 20.4. The number of piperidine rings is 1. The van der Waals surface area contributed by atoms with E-state index < -0.39 is 19.0 Å². The fourth-order valence-corrected chi connectivity index (χ4v) is 10.6. The predicted octanol–water partition coefficient (Wildman–Crippen LogP) is 7.31. The number of aromatic nitrogens is 4. The van der Waals surface area contributed by atoms with Crippen LogP contribution in [0.1, 0.15) is 61.0 Å². The van der Waals surface area contributed by atoms with Crippen LogP contribution in [0.2, 0.25) is 0 Å². The van der Waals surface area contributed by atoms with Crippen LogP contribution in [0.15, 0.2) is 67.1 Å². The van der Waals surface area contributed by atoms with Crippen LogP contribution in [0, 0.1) is 5.82 Å². The lowest BCUT2D eigenvalue weighted by atomic mass is 9.99. The smallest absolute Gasteiger partial charge is 0.255 e. The van der Waals surface area contributed by atoms with Gasteiger partial charge in [0.05, 0.1) is 30.7 Å². The Morgan fingerprint density at radius 1 is 0.955 bits per heavy atom. The van der Waals surface area contributed by atoms with Crippen molar-refractivity contribution in [2.75, 3.05) is 88.4 Å². The normalized spacial score (nSPS) is 16.6. The highest BCUT2D eigenvalue weighted by atomic mass is 31.2. The summed E-state index contributed by atoms with van der Waals surface area (Å²) >= 11 is 0. The number of hydrogen-bond donors (Lipinski definition) is 2. The highest BCUT2D eigenvalue weighted by Gasteiger charge is 2.34. The number of aryl methyl sites for hydroxylation is 2. The first-order valence-corrected chi connectivity index (χ1v) is 25.7. The molecule has 5 heterocycles. The lowest BCUT2D eigenvalue weighted by Crippen LogP contribution is -2.53. The molecule has 2 saturated heterocycles. The minimum absolute atomic E-state index is 0.148. The molecule has 1 atom stereocenters. The molecule has 0 spiro atoms. The van der Waals surface area contributed by atoms with Crippen LogP contribution >= 0.6 is 7.14 Å². The van der Waals surface area contributed by atoms with E-state index in [1.54, 1.807) is 43.6 Å². The summed E-state index contributed by atoms with van der Waals surface area (Å²) in [5.41, 5.74) is 6.47. The van der Waals surface area contributed by atoms with Crippen LogP contribution in [0.3, 0.4) is 0 Å². The fourth-order valence-electron chi connectivity index (χ4n) is 9.48. The van der Waals surface area contributed by atoms with Crippen LogP contribution in [0.25, 0.3) is 11.1 Å². The number of para-hydroxylation sites is 1. The maximum Gasteiger partial charge on any atom is 0.255 e. The minimum Gasteiger partial charge on any atom is -0.494 e. The number of hydrogen-bond acceptors (Lipinski definition) is 13. The Kier molecular flexibility index (Phi) is 14.4. The quantitative estimate of drug-likeness (QED) is 0.0669. The third-order valence-electron chi connectivity index (χ3n) is 13.1. The molecule has 0 bridgehead atoms. The summed E-state index contributed by atoms with van der Waals surface area (Å²) in [4.78, 5) is 43.2. The maximum absolute atomic E-state index is 15.1. The number of nitrogens with one attached hydrogen (secondary N) is 2. The molecule has 8 rings (SSSR count). The molecular formula is C49H62FN10O5P. The molecule has 0 aliphatic carbocycles. The molecule has 5 aromatic rings. The Morgan fingerprint density at radius 3 is 2.41 bits per heavy atom. The van der Waals surface area contributed by atoms with Crippen molar-refractivity contribution in [3.8, 4) is 22.6 Å². The Morgan fingerprint density at radius 2 is 1.73 bits per heavy atom. The van der Waals surface area contributed by atoms with Crippen molar-refractivity contribution in [1.82, 2.24) is 34.4 Å². The molecular weight excluding hydrogens is 859 g/mol. The molecule has 17 heteroatoms. The van der Waals surface area contributed by atoms with Crippen molar-refractivity contribution in [3.05, 3.63) is 89.6 Å². The second-order valence-electron chi connectivity index (χ2n) is 17.8. The van der Waals surface area contributed by atoms with Crippen molar-refractivity contribution >= 4 is 53.5 Å². The number of halogens is 1. The molecule has 66 heavy (non-hydrogen) atoms. The Balaban J connectivity index is 0.865.